The van der Waals surface area contributed by atoms with Crippen molar-refractivity contribution < 1.29 is 4.74 Å². The molecule has 6 heteroatoms. The summed E-state index contributed by atoms with van der Waals surface area (Å²) in [5.41, 5.74) is 7.41. The summed E-state index contributed by atoms with van der Waals surface area (Å²) in [7, 11) is 0. The van der Waals surface area contributed by atoms with Gasteiger partial charge in [0, 0.05) is 11.9 Å². The second-order valence-electron chi connectivity index (χ2n) is 5.33. The lowest BCUT2D eigenvalue weighted by Crippen LogP contribution is -2.06. The molecule has 1 fully saturated rings. The molecule has 112 valence electrons. The summed E-state index contributed by atoms with van der Waals surface area (Å²) in [6.45, 7) is 0.445. The molecule has 21 heavy (non-hydrogen) atoms. The van der Waals surface area contributed by atoms with Crippen molar-refractivity contribution >= 4 is 37.5 Å². The highest BCUT2D eigenvalue weighted by Gasteiger charge is 2.17. The van der Waals surface area contributed by atoms with Gasteiger partial charge in [-0.15, -0.1) is 0 Å². The number of halogens is 2. The van der Waals surface area contributed by atoms with E-state index in [1.165, 1.54) is 25.7 Å². The molecule has 4 nitrogen and oxygen atoms in total. The number of hydrogen-bond acceptors (Lipinski definition) is 3. The first-order valence-electron chi connectivity index (χ1n) is 7.05. The predicted molar refractivity (Wildman–Crippen MR) is 90.3 cm³/mol. The Bertz CT molecular complexity index is 613. The molecule has 2 aromatic rings. The molecule has 2 N–H and O–H groups in total. The Morgan fingerprint density at radius 2 is 1.90 bits per heavy atom. The second-order valence-corrected chi connectivity index (χ2v) is 7.04. The first-order valence-corrected chi connectivity index (χ1v) is 8.63. The van der Waals surface area contributed by atoms with Gasteiger partial charge in [-0.25, -0.2) is 0 Å². The fraction of sp³-hybridized carbons (Fsp3) is 0.400. The maximum Gasteiger partial charge on any atom is 0.148 e. The summed E-state index contributed by atoms with van der Waals surface area (Å²) in [6.07, 6.45) is 7.14. The molecule has 1 saturated carbocycles. The van der Waals surface area contributed by atoms with Crippen molar-refractivity contribution in [3.8, 4) is 5.75 Å². The van der Waals surface area contributed by atoms with Crippen LogP contribution in [0.25, 0.3) is 0 Å². The number of ether oxygens (including phenoxy) is 1. The van der Waals surface area contributed by atoms with E-state index < -0.39 is 0 Å². The third-order valence-electron chi connectivity index (χ3n) is 3.75. The van der Waals surface area contributed by atoms with Crippen molar-refractivity contribution in [2.75, 3.05) is 5.73 Å². The topological polar surface area (TPSA) is 53.1 Å². The number of nitrogens with two attached hydrogens (primary N) is 1. The van der Waals surface area contributed by atoms with Gasteiger partial charge in [-0.05, 0) is 62.9 Å². The SMILES string of the molecule is Nc1cc(Br)c(OCc2ccn(C3CCCC3)n2)c(Br)c1. The van der Waals surface area contributed by atoms with Crippen LogP contribution in [-0.4, -0.2) is 9.78 Å². The van der Waals surface area contributed by atoms with Crippen molar-refractivity contribution in [2.45, 2.75) is 38.3 Å². The Kier molecular flexibility index (Phi) is 4.54. The normalized spacial score (nSPS) is 15.5. The molecule has 0 atom stereocenters. The van der Waals surface area contributed by atoms with Gasteiger partial charge in [0.1, 0.15) is 12.4 Å². The van der Waals surface area contributed by atoms with Crippen molar-refractivity contribution in [3.63, 3.8) is 0 Å². The highest BCUT2D eigenvalue weighted by molar-refractivity contribution is 9.11. The second kappa shape index (κ2) is 6.40. The molecule has 0 unspecified atom stereocenters. The van der Waals surface area contributed by atoms with E-state index in [0.29, 0.717) is 18.3 Å². The Balaban J connectivity index is 1.68. The monoisotopic (exact) mass is 413 g/mol. The van der Waals surface area contributed by atoms with Crippen LogP contribution in [-0.2, 0) is 6.61 Å². The Hall–Kier alpha value is -1.01. The van der Waals surface area contributed by atoms with Crippen LogP contribution in [0.1, 0.15) is 37.4 Å². The quantitative estimate of drug-likeness (QED) is 0.738. The van der Waals surface area contributed by atoms with E-state index in [1.807, 2.05) is 18.2 Å². The third-order valence-corrected chi connectivity index (χ3v) is 4.93. The minimum atomic E-state index is 0.445. The molecular weight excluding hydrogens is 398 g/mol. The molecule has 1 aromatic carbocycles. The van der Waals surface area contributed by atoms with E-state index >= 15 is 0 Å². The van der Waals surface area contributed by atoms with Gasteiger partial charge in [0.15, 0.2) is 0 Å². The number of nitrogen functional groups attached to an aromatic ring is 1. The summed E-state index contributed by atoms with van der Waals surface area (Å²) in [6, 6.07) is 6.25. The molecule has 1 aliphatic carbocycles. The van der Waals surface area contributed by atoms with Crippen LogP contribution in [0, 0.1) is 0 Å². The number of benzene rings is 1. The van der Waals surface area contributed by atoms with E-state index in [-0.39, 0.29) is 0 Å². The molecule has 0 aliphatic heterocycles. The Morgan fingerprint density at radius 3 is 2.57 bits per heavy atom. The molecular formula is C15H17Br2N3O. The van der Waals surface area contributed by atoms with Gasteiger partial charge < -0.3 is 10.5 Å². The predicted octanol–water partition coefficient (Wildman–Crippen LogP) is 4.68. The van der Waals surface area contributed by atoms with Crippen molar-refractivity contribution in [1.82, 2.24) is 9.78 Å². The lowest BCUT2D eigenvalue weighted by Gasteiger charge is -2.11. The number of aromatic nitrogens is 2. The minimum absolute atomic E-state index is 0.445. The molecule has 1 heterocycles. The summed E-state index contributed by atoms with van der Waals surface area (Å²) in [5.74, 6) is 0.750. The molecule has 1 aliphatic rings. The molecule has 0 spiro atoms. The number of nitrogens with zero attached hydrogens (tertiary/aromatic N) is 2. The smallest absolute Gasteiger partial charge is 0.148 e. The zero-order chi connectivity index (χ0) is 14.8. The summed E-state index contributed by atoms with van der Waals surface area (Å²) < 4.78 is 9.62. The lowest BCUT2D eigenvalue weighted by molar-refractivity contribution is 0.294. The first kappa shape index (κ1) is 14.9. The van der Waals surface area contributed by atoms with Crippen LogP contribution in [0.4, 0.5) is 5.69 Å². The summed E-state index contributed by atoms with van der Waals surface area (Å²) in [5, 5.41) is 4.62. The van der Waals surface area contributed by atoms with Gasteiger partial charge in [-0.3, -0.25) is 4.68 Å². The Morgan fingerprint density at radius 1 is 1.24 bits per heavy atom. The molecule has 3 rings (SSSR count). The van der Waals surface area contributed by atoms with E-state index in [0.717, 1.165) is 20.4 Å². The van der Waals surface area contributed by atoms with E-state index in [9.17, 15) is 0 Å². The lowest BCUT2D eigenvalue weighted by atomic mass is 10.3. The maximum atomic E-state index is 5.86. The standard InChI is InChI=1S/C15H17Br2N3O/c16-13-7-10(18)8-14(17)15(13)21-9-11-5-6-20(19-11)12-3-1-2-4-12/h5-8,12H,1-4,9,18H2. The van der Waals surface area contributed by atoms with Gasteiger partial charge in [-0.2, -0.15) is 5.10 Å². The van der Waals surface area contributed by atoms with Gasteiger partial charge in [0.05, 0.1) is 20.7 Å². The van der Waals surface area contributed by atoms with Crippen molar-refractivity contribution in [1.29, 1.82) is 0 Å². The zero-order valence-electron chi connectivity index (χ0n) is 11.6. The molecule has 0 saturated heterocycles. The minimum Gasteiger partial charge on any atom is -0.485 e. The van der Waals surface area contributed by atoms with Crippen LogP contribution in [0.3, 0.4) is 0 Å². The van der Waals surface area contributed by atoms with Crippen LogP contribution < -0.4 is 10.5 Å². The molecule has 0 amide bonds. The highest BCUT2D eigenvalue weighted by atomic mass is 79.9. The van der Waals surface area contributed by atoms with E-state index in [4.69, 9.17) is 10.5 Å². The number of hydrogen-bond donors (Lipinski definition) is 1. The van der Waals surface area contributed by atoms with Crippen LogP contribution in [0.15, 0.2) is 33.3 Å². The van der Waals surface area contributed by atoms with Gasteiger partial charge in [0.25, 0.3) is 0 Å². The fourth-order valence-electron chi connectivity index (χ4n) is 2.69. The van der Waals surface area contributed by atoms with Crippen LogP contribution in [0.2, 0.25) is 0 Å². The first-order chi connectivity index (χ1) is 10.1. The zero-order valence-corrected chi connectivity index (χ0v) is 14.7. The average Bonchev–Trinajstić information content (AvgIpc) is 3.08. The number of rotatable bonds is 4. The molecule has 0 radical (unpaired) electrons. The van der Waals surface area contributed by atoms with Gasteiger partial charge in [0.2, 0.25) is 0 Å². The van der Waals surface area contributed by atoms with Crippen molar-refractivity contribution in [3.05, 3.63) is 39.0 Å². The van der Waals surface area contributed by atoms with Crippen LogP contribution >= 0.6 is 31.9 Å². The van der Waals surface area contributed by atoms with E-state index in [1.54, 1.807) is 0 Å². The van der Waals surface area contributed by atoms with Gasteiger partial charge >= 0.3 is 0 Å². The fourth-order valence-corrected chi connectivity index (χ4v) is 4.14. The number of anilines is 1. The summed E-state index contributed by atoms with van der Waals surface area (Å²) in [4.78, 5) is 0. The third kappa shape index (κ3) is 3.43. The maximum absolute atomic E-state index is 5.86. The van der Waals surface area contributed by atoms with Crippen LogP contribution in [0.5, 0.6) is 5.75 Å². The molecule has 1 aromatic heterocycles. The largest absolute Gasteiger partial charge is 0.485 e. The van der Waals surface area contributed by atoms with E-state index in [2.05, 4.69) is 47.8 Å². The Labute approximate surface area is 140 Å². The molecule has 0 bridgehead atoms. The average molecular weight is 415 g/mol. The highest BCUT2D eigenvalue weighted by Crippen LogP contribution is 2.36. The van der Waals surface area contributed by atoms with Gasteiger partial charge in [-0.1, -0.05) is 12.8 Å². The van der Waals surface area contributed by atoms with Crippen molar-refractivity contribution in [2.24, 2.45) is 0 Å². The summed E-state index contributed by atoms with van der Waals surface area (Å²) >= 11 is 6.94.